The van der Waals surface area contributed by atoms with Gasteiger partial charge in [0, 0.05) is 19.3 Å². The molecular weight excluding hydrogens is 262 g/mol. The molecule has 0 saturated carbocycles. The van der Waals surface area contributed by atoms with E-state index in [-0.39, 0.29) is 5.97 Å². The predicted octanol–water partition coefficient (Wildman–Crippen LogP) is 2.17. The number of quaternary nitrogens is 1. The maximum atomic E-state index is 11.7. The lowest BCUT2D eigenvalue weighted by Gasteiger charge is -2.47. The van der Waals surface area contributed by atoms with Crippen LogP contribution in [-0.4, -0.2) is 25.1 Å². The molecule has 0 aromatic heterocycles. The standard InChI is InChI=1S/C18H27NO2/c1-5-11-19-13-14(2)18(12-15(19)3,21-16(4)20)17-9-7-6-8-10-17/h6-10,14-15H,5,11-13H2,1-4H3/p+1/t14-,15+,18+/m1/s1. The Morgan fingerprint density at radius 2 is 2.00 bits per heavy atom. The minimum atomic E-state index is -0.469. The lowest BCUT2D eigenvalue weighted by atomic mass is 9.74. The number of esters is 1. The number of ether oxygens (including phenoxy) is 1. The van der Waals surface area contributed by atoms with Crippen LogP contribution in [-0.2, 0) is 15.1 Å². The van der Waals surface area contributed by atoms with Crippen molar-refractivity contribution in [1.29, 1.82) is 0 Å². The van der Waals surface area contributed by atoms with Crippen LogP contribution in [0.15, 0.2) is 30.3 Å². The summed E-state index contributed by atoms with van der Waals surface area (Å²) >= 11 is 0. The summed E-state index contributed by atoms with van der Waals surface area (Å²) < 4.78 is 5.92. The molecule has 1 unspecified atom stereocenters. The molecule has 0 bridgehead atoms. The van der Waals surface area contributed by atoms with Gasteiger partial charge < -0.3 is 9.64 Å². The normalized spacial score (nSPS) is 32.7. The summed E-state index contributed by atoms with van der Waals surface area (Å²) in [6.45, 7) is 10.5. The largest absolute Gasteiger partial charge is 0.454 e. The maximum Gasteiger partial charge on any atom is 0.303 e. The van der Waals surface area contributed by atoms with Crippen molar-refractivity contribution in [2.75, 3.05) is 13.1 Å². The van der Waals surface area contributed by atoms with E-state index < -0.39 is 5.60 Å². The van der Waals surface area contributed by atoms with E-state index in [0.29, 0.717) is 12.0 Å². The Morgan fingerprint density at radius 3 is 2.57 bits per heavy atom. The van der Waals surface area contributed by atoms with E-state index in [1.54, 1.807) is 4.90 Å². The SMILES string of the molecule is CCC[NH+]1C[C@@H](C)[C@](OC(C)=O)(c2ccccc2)C[C@@H]1C. The summed E-state index contributed by atoms with van der Waals surface area (Å²) in [5.74, 6) is 0.137. The Hall–Kier alpha value is -1.35. The molecule has 21 heavy (non-hydrogen) atoms. The number of carbonyl (C=O) groups is 1. The number of rotatable bonds is 4. The van der Waals surface area contributed by atoms with Crippen molar-refractivity contribution in [3.63, 3.8) is 0 Å². The molecule has 4 atom stereocenters. The zero-order chi connectivity index (χ0) is 15.5. The molecule has 2 rings (SSSR count). The molecule has 1 fully saturated rings. The van der Waals surface area contributed by atoms with Crippen molar-refractivity contribution < 1.29 is 14.4 Å². The van der Waals surface area contributed by atoms with Crippen LogP contribution in [0.4, 0.5) is 0 Å². The predicted molar refractivity (Wildman–Crippen MR) is 84.1 cm³/mol. The van der Waals surface area contributed by atoms with E-state index in [1.807, 2.05) is 18.2 Å². The Kier molecular flexibility index (Phi) is 5.04. The highest BCUT2D eigenvalue weighted by atomic mass is 16.6. The van der Waals surface area contributed by atoms with Crippen molar-refractivity contribution in [3.8, 4) is 0 Å². The first-order valence-electron chi connectivity index (χ1n) is 8.09. The number of nitrogens with one attached hydrogen (secondary N) is 1. The summed E-state index contributed by atoms with van der Waals surface area (Å²) in [6.07, 6.45) is 2.09. The third-order valence-corrected chi connectivity index (χ3v) is 4.83. The Bertz CT molecular complexity index is 473. The molecule has 1 aromatic carbocycles. The minimum absolute atomic E-state index is 0.183. The number of likely N-dealkylation sites (tertiary alicyclic amines) is 1. The fourth-order valence-corrected chi connectivity index (χ4v) is 3.81. The molecule has 3 nitrogen and oxygen atoms in total. The van der Waals surface area contributed by atoms with Crippen LogP contribution in [0.3, 0.4) is 0 Å². The highest BCUT2D eigenvalue weighted by Crippen LogP contribution is 2.39. The lowest BCUT2D eigenvalue weighted by molar-refractivity contribution is -0.935. The Balaban J connectivity index is 2.35. The molecule has 1 aliphatic heterocycles. The van der Waals surface area contributed by atoms with Crippen molar-refractivity contribution in [1.82, 2.24) is 0 Å². The van der Waals surface area contributed by atoms with Crippen LogP contribution in [0.5, 0.6) is 0 Å². The topological polar surface area (TPSA) is 30.7 Å². The molecule has 0 aliphatic carbocycles. The van der Waals surface area contributed by atoms with Gasteiger partial charge in [0.1, 0.15) is 0 Å². The second-order valence-electron chi connectivity index (χ2n) is 6.47. The van der Waals surface area contributed by atoms with Gasteiger partial charge in [-0.3, -0.25) is 4.79 Å². The summed E-state index contributed by atoms with van der Waals surface area (Å²) in [6, 6.07) is 10.8. The lowest BCUT2D eigenvalue weighted by Crippen LogP contribution is -3.17. The van der Waals surface area contributed by atoms with Gasteiger partial charge in [-0.1, -0.05) is 44.2 Å². The average molecular weight is 290 g/mol. The Morgan fingerprint density at radius 1 is 1.33 bits per heavy atom. The summed E-state index contributed by atoms with van der Waals surface area (Å²) in [7, 11) is 0. The first kappa shape index (κ1) is 16.0. The van der Waals surface area contributed by atoms with Crippen LogP contribution < -0.4 is 4.90 Å². The third-order valence-electron chi connectivity index (χ3n) is 4.83. The van der Waals surface area contributed by atoms with Gasteiger partial charge in [-0.15, -0.1) is 0 Å². The zero-order valence-corrected chi connectivity index (χ0v) is 13.7. The number of hydrogen-bond donors (Lipinski definition) is 1. The molecule has 1 heterocycles. The number of carbonyl (C=O) groups excluding carboxylic acids is 1. The molecule has 1 N–H and O–H groups in total. The van der Waals surface area contributed by atoms with Gasteiger partial charge >= 0.3 is 5.97 Å². The van der Waals surface area contributed by atoms with Gasteiger partial charge in [0.2, 0.25) is 0 Å². The van der Waals surface area contributed by atoms with E-state index in [1.165, 1.54) is 19.9 Å². The molecule has 0 spiro atoms. The highest BCUT2D eigenvalue weighted by molar-refractivity contribution is 5.67. The highest BCUT2D eigenvalue weighted by Gasteiger charge is 2.49. The van der Waals surface area contributed by atoms with E-state index >= 15 is 0 Å². The van der Waals surface area contributed by atoms with Crippen LogP contribution >= 0.6 is 0 Å². The molecule has 1 aromatic rings. The summed E-state index contributed by atoms with van der Waals surface area (Å²) in [5, 5.41) is 0. The summed E-state index contributed by atoms with van der Waals surface area (Å²) in [5.41, 5.74) is 0.666. The molecule has 3 heteroatoms. The molecular formula is C18H28NO2+. The fraction of sp³-hybridized carbons (Fsp3) is 0.611. The van der Waals surface area contributed by atoms with Gasteiger partial charge in [-0.2, -0.15) is 0 Å². The van der Waals surface area contributed by atoms with Crippen molar-refractivity contribution >= 4 is 5.97 Å². The fourth-order valence-electron chi connectivity index (χ4n) is 3.81. The zero-order valence-electron chi connectivity index (χ0n) is 13.7. The minimum Gasteiger partial charge on any atom is -0.454 e. The van der Waals surface area contributed by atoms with Crippen LogP contribution in [0, 0.1) is 5.92 Å². The first-order valence-corrected chi connectivity index (χ1v) is 8.09. The van der Waals surface area contributed by atoms with Crippen molar-refractivity contribution in [2.24, 2.45) is 5.92 Å². The van der Waals surface area contributed by atoms with Crippen LogP contribution in [0.1, 0.15) is 46.1 Å². The number of benzene rings is 1. The molecule has 1 saturated heterocycles. The molecule has 1 aliphatic rings. The third kappa shape index (κ3) is 3.29. The average Bonchev–Trinajstić information content (AvgIpc) is 2.45. The van der Waals surface area contributed by atoms with Gasteiger partial charge in [0.05, 0.1) is 19.1 Å². The van der Waals surface area contributed by atoms with Gasteiger partial charge in [-0.05, 0) is 18.9 Å². The second kappa shape index (κ2) is 6.61. The quantitative estimate of drug-likeness (QED) is 0.862. The smallest absolute Gasteiger partial charge is 0.303 e. The van der Waals surface area contributed by atoms with E-state index in [4.69, 9.17) is 4.74 Å². The number of hydrogen-bond acceptors (Lipinski definition) is 2. The molecule has 116 valence electrons. The van der Waals surface area contributed by atoms with Crippen molar-refractivity contribution in [3.05, 3.63) is 35.9 Å². The van der Waals surface area contributed by atoms with E-state index in [0.717, 1.165) is 18.5 Å². The van der Waals surface area contributed by atoms with Gasteiger partial charge in [0.25, 0.3) is 0 Å². The maximum absolute atomic E-state index is 11.7. The van der Waals surface area contributed by atoms with Crippen molar-refractivity contribution in [2.45, 2.75) is 52.2 Å². The van der Waals surface area contributed by atoms with Gasteiger partial charge in [0.15, 0.2) is 5.60 Å². The molecule has 0 radical (unpaired) electrons. The molecule has 0 amide bonds. The van der Waals surface area contributed by atoms with E-state index in [2.05, 4.69) is 32.9 Å². The monoisotopic (exact) mass is 290 g/mol. The summed E-state index contributed by atoms with van der Waals surface area (Å²) in [4.78, 5) is 13.3. The number of piperidine rings is 1. The van der Waals surface area contributed by atoms with Gasteiger partial charge in [-0.25, -0.2) is 0 Å². The second-order valence-corrected chi connectivity index (χ2v) is 6.47. The Labute approximate surface area is 128 Å². The van der Waals surface area contributed by atoms with E-state index in [9.17, 15) is 4.79 Å². The van der Waals surface area contributed by atoms with Crippen LogP contribution in [0.25, 0.3) is 0 Å². The first-order chi connectivity index (χ1) is 9.99. The van der Waals surface area contributed by atoms with Crippen LogP contribution in [0.2, 0.25) is 0 Å².